The number of aromatic nitrogens is 2. The standard InChI is InChI=1S/C20H18N4O3/c1-13-8-10-14(11-9-13)17-21-16(27-23-17)12-24-18(25)20(2,22-19(24)26)15-6-4-3-5-7-15/h3-11H,12H2,1-2H3,(H,22,26)/t20-/m1/s1. The van der Waals surface area contributed by atoms with Crippen LogP contribution in [-0.4, -0.2) is 27.0 Å². The first kappa shape index (κ1) is 17.0. The van der Waals surface area contributed by atoms with Gasteiger partial charge in [-0.1, -0.05) is 65.3 Å². The summed E-state index contributed by atoms with van der Waals surface area (Å²) in [5.41, 5.74) is 1.54. The summed E-state index contributed by atoms with van der Waals surface area (Å²) in [6, 6.07) is 16.3. The van der Waals surface area contributed by atoms with Gasteiger partial charge < -0.3 is 9.84 Å². The van der Waals surface area contributed by atoms with Crippen LogP contribution in [0.4, 0.5) is 4.79 Å². The third-order valence-electron chi connectivity index (χ3n) is 4.70. The van der Waals surface area contributed by atoms with Gasteiger partial charge in [0, 0.05) is 5.56 Å². The lowest BCUT2D eigenvalue weighted by Gasteiger charge is -2.21. The van der Waals surface area contributed by atoms with Crippen molar-refractivity contribution in [3.63, 3.8) is 0 Å². The van der Waals surface area contributed by atoms with Gasteiger partial charge >= 0.3 is 6.03 Å². The number of imide groups is 1. The second kappa shape index (κ2) is 6.35. The van der Waals surface area contributed by atoms with Crippen molar-refractivity contribution >= 4 is 11.9 Å². The fourth-order valence-corrected chi connectivity index (χ4v) is 3.08. The van der Waals surface area contributed by atoms with Crippen molar-refractivity contribution in [3.8, 4) is 11.4 Å². The third kappa shape index (κ3) is 2.97. The van der Waals surface area contributed by atoms with Crippen LogP contribution in [0.15, 0.2) is 59.1 Å². The number of hydrogen-bond donors (Lipinski definition) is 1. The monoisotopic (exact) mass is 362 g/mol. The molecule has 7 nitrogen and oxygen atoms in total. The zero-order chi connectivity index (χ0) is 19.0. The summed E-state index contributed by atoms with van der Waals surface area (Å²) in [6.45, 7) is 3.60. The van der Waals surface area contributed by atoms with Crippen LogP contribution in [-0.2, 0) is 16.9 Å². The van der Waals surface area contributed by atoms with Crippen LogP contribution in [0, 0.1) is 6.92 Å². The van der Waals surface area contributed by atoms with E-state index in [1.54, 1.807) is 6.92 Å². The Morgan fingerprint density at radius 1 is 1.07 bits per heavy atom. The average Bonchev–Trinajstić information content (AvgIpc) is 3.23. The number of carbonyl (C=O) groups is 2. The molecule has 0 aliphatic carbocycles. The van der Waals surface area contributed by atoms with Crippen LogP contribution in [0.25, 0.3) is 11.4 Å². The molecule has 136 valence electrons. The highest BCUT2D eigenvalue weighted by atomic mass is 16.5. The third-order valence-corrected chi connectivity index (χ3v) is 4.70. The van der Waals surface area contributed by atoms with Gasteiger partial charge in [0.15, 0.2) is 0 Å². The molecule has 0 saturated carbocycles. The Kier molecular flexibility index (Phi) is 3.99. The molecule has 0 bridgehead atoms. The molecular weight excluding hydrogens is 344 g/mol. The Morgan fingerprint density at radius 2 is 1.78 bits per heavy atom. The first-order valence-electron chi connectivity index (χ1n) is 8.56. The van der Waals surface area contributed by atoms with Gasteiger partial charge in [-0.05, 0) is 19.4 Å². The molecule has 1 aromatic heterocycles. The van der Waals surface area contributed by atoms with Crippen molar-refractivity contribution in [2.24, 2.45) is 0 Å². The van der Waals surface area contributed by atoms with E-state index in [1.807, 2.05) is 61.5 Å². The van der Waals surface area contributed by atoms with Gasteiger partial charge in [-0.3, -0.25) is 9.69 Å². The maximum Gasteiger partial charge on any atom is 0.325 e. The van der Waals surface area contributed by atoms with Crippen molar-refractivity contribution in [2.75, 3.05) is 0 Å². The normalized spacial score (nSPS) is 19.4. The first-order chi connectivity index (χ1) is 13.0. The van der Waals surface area contributed by atoms with Crippen molar-refractivity contribution in [3.05, 3.63) is 71.6 Å². The number of nitrogens with zero attached hydrogens (tertiary/aromatic N) is 3. The summed E-state index contributed by atoms with van der Waals surface area (Å²) in [6.07, 6.45) is 0. The van der Waals surface area contributed by atoms with E-state index in [2.05, 4.69) is 15.5 Å². The highest BCUT2D eigenvalue weighted by Gasteiger charge is 2.49. The van der Waals surface area contributed by atoms with Gasteiger partial charge in [-0.25, -0.2) is 4.79 Å². The lowest BCUT2D eigenvalue weighted by molar-refractivity contribution is -0.131. The van der Waals surface area contributed by atoms with Crippen molar-refractivity contribution in [2.45, 2.75) is 25.9 Å². The Labute approximate surface area is 156 Å². The van der Waals surface area contributed by atoms with E-state index in [1.165, 1.54) is 0 Å². The van der Waals surface area contributed by atoms with Crippen LogP contribution in [0.2, 0.25) is 0 Å². The van der Waals surface area contributed by atoms with Crippen molar-refractivity contribution in [1.82, 2.24) is 20.4 Å². The molecule has 1 aliphatic heterocycles. The molecule has 0 unspecified atom stereocenters. The molecule has 0 spiro atoms. The van der Waals surface area contributed by atoms with Crippen LogP contribution in [0.5, 0.6) is 0 Å². The Morgan fingerprint density at radius 3 is 2.48 bits per heavy atom. The van der Waals surface area contributed by atoms with Gasteiger partial charge in [-0.2, -0.15) is 4.98 Å². The Hall–Kier alpha value is -3.48. The minimum Gasteiger partial charge on any atom is -0.337 e. The molecular formula is C20H18N4O3. The number of amides is 3. The fourth-order valence-electron chi connectivity index (χ4n) is 3.08. The molecule has 2 aromatic carbocycles. The van der Waals surface area contributed by atoms with Crippen molar-refractivity contribution in [1.29, 1.82) is 0 Å². The van der Waals surface area contributed by atoms with Crippen LogP contribution < -0.4 is 5.32 Å². The van der Waals surface area contributed by atoms with E-state index < -0.39 is 11.6 Å². The van der Waals surface area contributed by atoms with Crippen molar-refractivity contribution < 1.29 is 14.1 Å². The molecule has 1 aliphatic rings. The molecule has 3 amide bonds. The minimum absolute atomic E-state index is 0.0774. The number of carbonyl (C=O) groups excluding carboxylic acids is 2. The lowest BCUT2D eigenvalue weighted by atomic mass is 9.92. The quantitative estimate of drug-likeness (QED) is 0.721. The van der Waals surface area contributed by atoms with Crippen LogP contribution in [0.3, 0.4) is 0 Å². The van der Waals surface area contributed by atoms with Gasteiger partial charge in [0.2, 0.25) is 11.7 Å². The molecule has 27 heavy (non-hydrogen) atoms. The van der Waals surface area contributed by atoms with Crippen LogP contribution >= 0.6 is 0 Å². The molecule has 1 N–H and O–H groups in total. The first-order valence-corrected chi connectivity index (χ1v) is 8.56. The molecule has 3 aromatic rings. The Bertz CT molecular complexity index is 998. The van der Waals surface area contributed by atoms with E-state index in [0.29, 0.717) is 5.82 Å². The molecule has 0 radical (unpaired) electrons. The summed E-state index contributed by atoms with van der Waals surface area (Å²) in [5, 5.41) is 6.71. The average molecular weight is 362 g/mol. The fraction of sp³-hybridized carbons (Fsp3) is 0.200. The maximum atomic E-state index is 12.9. The molecule has 4 rings (SSSR count). The summed E-state index contributed by atoms with van der Waals surface area (Å²) in [5.74, 6) is 0.267. The van der Waals surface area contributed by atoms with Gasteiger partial charge in [0.05, 0.1) is 0 Å². The smallest absolute Gasteiger partial charge is 0.325 e. The molecule has 2 heterocycles. The SMILES string of the molecule is Cc1ccc(-c2noc(CN3C(=O)N[C@](C)(c4ccccc4)C3=O)n2)cc1. The molecule has 1 fully saturated rings. The number of rotatable bonds is 4. The molecule has 7 heteroatoms. The predicted molar refractivity (Wildman–Crippen MR) is 97.3 cm³/mol. The van der Waals surface area contributed by atoms with E-state index in [-0.39, 0.29) is 18.3 Å². The number of urea groups is 1. The lowest BCUT2D eigenvalue weighted by Crippen LogP contribution is -2.40. The topological polar surface area (TPSA) is 88.3 Å². The number of aryl methyl sites for hydroxylation is 1. The van der Waals surface area contributed by atoms with E-state index in [4.69, 9.17) is 4.52 Å². The second-order valence-electron chi connectivity index (χ2n) is 6.69. The predicted octanol–water partition coefficient (Wildman–Crippen LogP) is 3.01. The zero-order valence-corrected chi connectivity index (χ0v) is 15.0. The maximum absolute atomic E-state index is 12.9. The van der Waals surface area contributed by atoms with Gasteiger partial charge in [0.25, 0.3) is 5.91 Å². The Balaban J connectivity index is 1.56. The largest absolute Gasteiger partial charge is 0.337 e. The summed E-state index contributed by atoms with van der Waals surface area (Å²) in [7, 11) is 0. The number of nitrogens with one attached hydrogen (secondary N) is 1. The molecule has 1 saturated heterocycles. The van der Waals surface area contributed by atoms with E-state index in [0.717, 1.165) is 21.6 Å². The van der Waals surface area contributed by atoms with Gasteiger partial charge in [-0.15, -0.1) is 0 Å². The summed E-state index contributed by atoms with van der Waals surface area (Å²) in [4.78, 5) is 30.7. The number of benzene rings is 2. The highest BCUT2D eigenvalue weighted by Crippen LogP contribution is 2.29. The number of hydrogen-bond acceptors (Lipinski definition) is 5. The van der Waals surface area contributed by atoms with E-state index in [9.17, 15) is 9.59 Å². The summed E-state index contributed by atoms with van der Waals surface area (Å²) >= 11 is 0. The van der Waals surface area contributed by atoms with Gasteiger partial charge in [0.1, 0.15) is 12.1 Å². The van der Waals surface area contributed by atoms with Crippen LogP contribution in [0.1, 0.15) is 23.9 Å². The molecule has 1 atom stereocenters. The van der Waals surface area contributed by atoms with E-state index >= 15 is 0 Å². The second-order valence-corrected chi connectivity index (χ2v) is 6.69. The summed E-state index contributed by atoms with van der Waals surface area (Å²) < 4.78 is 5.25. The zero-order valence-electron chi connectivity index (χ0n) is 15.0. The minimum atomic E-state index is -1.11. The highest BCUT2D eigenvalue weighted by molar-refractivity contribution is 6.07.